The SMILES string of the molecule is CC[C@H](C)[C@@H]([C@@H](CC)OC)N(C)C(=O)OC(C)(C)C.O=CO. The standard InChI is InChI=1S/C15H31NO3.CH2O2/c1-9-11(3)13(12(10-2)18-8)16(7)14(17)19-15(4,5)6;2-1-3/h11-13H,9-10H2,1-8H3;1H,(H,2,3)/t11-,12+,13-;/m0./s1. The summed E-state index contributed by atoms with van der Waals surface area (Å²) in [5, 5.41) is 6.89. The fourth-order valence-electron chi connectivity index (χ4n) is 2.24. The zero-order valence-corrected chi connectivity index (χ0v) is 15.3. The molecule has 6 nitrogen and oxygen atoms in total. The molecule has 0 rings (SSSR count). The summed E-state index contributed by atoms with van der Waals surface area (Å²) in [5.41, 5.74) is -0.472. The molecule has 0 aliphatic carbocycles. The highest BCUT2D eigenvalue weighted by Crippen LogP contribution is 2.22. The molecule has 6 heteroatoms. The topological polar surface area (TPSA) is 76.1 Å². The second-order valence-electron chi connectivity index (χ2n) is 6.26. The van der Waals surface area contributed by atoms with E-state index in [4.69, 9.17) is 19.4 Å². The van der Waals surface area contributed by atoms with Crippen molar-refractivity contribution in [2.75, 3.05) is 14.2 Å². The molecule has 0 saturated heterocycles. The highest BCUT2D eigenvalue weighted by Gasteiger charge is 2.33. The van der Waals surface area contributed by atoms with E-state index in [1.807, 2.05) is 20.8 Å². The highest BCUT2D eigenvalue weighted by molar-refractivity contribution is 5.68. The Balaban J connectivity index is 0. The maximum atomic E-state index is 12.2. The van der Waals surface area contributed by atoms with Crippen molar-refractivity contribution in [3.05, 3.63) is 0 Å². The molecular formula is C16H33NO5. The van der Waals surface area contributed by atoms with E-state index in [1.165, 1.54) is 0 Å². The number of carbonyl (C=O) groups excluding carboxylic acids is 1. The Bertz CT molecular complexity index is 310. The lowest BCUT2D eigenvalue weighted by Gasteiger charge is -2.38. The summed E-state index contributed by atoms with van der Waals surface area (Å²) in [6.07, 6.45) is 1.62. The van der Waals surface area contributed by atoms with Gasteiger partial charge in [-0.25, -0.2) is 4.79 Å². The summed E-state index contributed by atoms with van der Waals surface area (Å²) >= 11 is 0. The Kier molecular flexibility index (Phi) is 11.8. The third-order valence-electron chi connectivity index (χ3n) is 3.44. The third kappa shape index (κ3) is 8.87. The zero-order chi connectivity index (χ0) is 17.9. The van der Waals surface area contributed by atoms with Crippen LogP contribution in [-0.2, 0) is 14.3 Å². The molecule has 1 N–H and O–H groups in total. The van der Waals surface area contributed by atoms with E-state index in [2.05, 4.69) is 20.8 Å². The van der Waals surface area contributed by atoms with Crippen molar-refractivity contribution in [2.45, 2.75) is 72.1 Å². The molecular weight excluding hydrogens is 286 g/mol. The summed E-state index contributed by atoms with van der Waals surface area (Å²) < 4.78 is 11.0. The molecule has 0 aromatic heterocycles. The minimum Gasteiger partial charge on any atom is -0.483 e. The van der Waals surface area contributed by atoms with Gasteiger partial charge < -0.3 is 19.5 Å². The number of rotatable bonds is 6. The molecule has 1 amide bonds. The van der Waals surface area contributed by atoms with Gasteiger partial charge in [0.2, 0.25) is 0 Å². The van der Waals surface area contributed by atoms with Gasteiger partial charge in [0, 0.05) is 14.2 Å². The van der Waals surface area contributed by atoms with Crippen LogP contribution in [-0.4, -0.2) is 54.5 Å². The van der Waals surface area contributed by atoms with Crippen LogP contribution in [0.3, 0.4) is 0 Å². The van der Waals surface area contributed by atoms with Gasteiger partial charge in [0.15, 0.2) is 0 Å². The quantitative estimate of drug-likeness (QED) is 0.759. The second kappa shape index (κ2) is 11.3. The van der Waals surface area contributed by atoms with Gasteiger partial charge in [0.1, 0.15) is 5.60 Å². The van der Waals surface area contributed by atoms with Gasteiger partial charge in [0.05, 0.1) is 12.1 Å². The largest absolute Gasteiger partial charge is 0.483 e. The Hall–Kier alpha value is -1.30. The average Bonchev–Trinajstić information content (AvgIpc) is 2.42. The molecule has 0 spiro atoms. The number of methoxy groups -OCH3 is 1. The fraction of sp³-hybridized carbons (Fsp3) is 0.875. The van der Waals surface area contributed by atoms with E-state index in [-0.39, 0.29) is 24.7 Å². The number of hydrogen-bond donors (Lipinski definition) is 1. The summed E-state index contributed by atoms with van der Waals surface area (Å²) in [5.74, 6) is 0.363. The molecule has 0 aromatic carbocycles. The first-order chi connectivity index (χ1) is 10.1. The van der Waals surface area contributed by atoms with Crippen molar-refractivity contribution in [2.24, 2.45) is 5.92 Å². The summed E-state index contributed by atoms with van der Waals surface area (Å²) in [4.78, 5) is 22.3. The average molecular weight is 319 g/mol. The molecule has 0 aliphatic heterocycles. The number of ether oxygens (including phenoxy) is 2. The van der Waals surface area contributed by atoms with Gasteiger partial charge in [-0.05, 0) is 33.1 Å². The van der Waals surface area contributed by atoms with E-state index in [0.29, 0.717) is 5.92 Å². The molecule has 22 heavy (non-hydrogen) atoms. The number of nitrogens with zero attached hydrogens (tertiary/aromatic N) is 1. The van der Waals surface area contributed by atoms with Crippen LogP contribution in [0.25, 0.3) is 0 Å². The minimum absolute atomic E-state index is 0.0347. The maximum Gasteiger partial charge on any atom is 0.410 e. The molecule has 0 bridgehead atoms. The van der Waals surface area contributed by atoms with Crippen LogP contribution < -0.4 is 0 Å². The van der Waals surface area contributed by atoms with Gasteiger partial charge >= 0.3 is 6.09 Å². The first kappa shape index (κ1) is 23.0. The van der Waals surface area contributed by atoms with Crippen LogP contribution in [0.15, 0.2) is 0 Å². The second-order valence-corrected chi connectivity index (χ2v) is 6.26. The first-order valence-corrected chi connectivity index (χ1v) is 7.65. The van der Waals surface area contributed by atoms with Crippen LogP contribution in [0.5, 0.6) is 0 Å². The van der Waals surface area contributed by atoms with Crippen molar-refractivity contribution in [1.29, 1.82) is 0 Å². The predicted octanol–water partition coefficient (Wildman–Crippen LogP) is 3.39. The molecule has 0 saturated carbocycles. The molecule has 0 unspecified atom stereocenters. The lowest BCUT2D eigenvalue weighted by atomic mass is 9.92. The van der Waals surface area contributed by atoms with E-state index in [9.17, 15) is 4.79 Å². The van der Waals surface area contributed by atoms with Crippen molar-refractivity contribution in [1.82, 2.24) is 4.90 Å². The maximum absolute atomic E-state index is 12.2. The van der Waals surface area contributed by atoms with Crippen LogP contribution in [0.2, 0.25) is 0 Å². The van der Waals surface area contributed by atoms with Gasteiger partial charge in [-0.15, -0.1) is 0 Å². The Morgan fingerprint density at radius 3 is 2.00 bits per heavy atom. The van der Waals surface area contributed by atoms with Crippen LogP contribution in [0, 0.1) is 5.92 Å². The van der Waals surface area contributed by atoms with Gasteiger partial charge in [-0.1, -0.05) is 27.2 Å². The Morgan fingerprint density at radius 2 is 1.73 bits per heavy atom. The van der Waals surface area contributed by atoms with Crippen LogP contribution >= 0.6 is 0 Å². The Morgan fingerprint density at radius 1 is 1.27 bits per heavy atom. The van der Waals surface area contributed by atoms with Crippen molar-refractivity contribution in [3.63, 3.8) is 0 Å². The fourth-order valence-corrected chi connectivity index (χ4v) is 2.24. The minimum atomic E-state index is -0.472. The highest BCUT2D eigenvalue weighted by atomic mass is 16.6. The van der Waals surface area contributed by atoms with E-state index < -0.39 is 5.60 Å². The molecule has 0 radical (unpaired) electrons. The molecule has 0 aliphatic rings. The van der Waals surface area contributed by atoms with Crippen molar-refractivity contribution in [3.8, 4) is 0 Å². The van der Waals surface area contributed by atoms with E-state index in [1.54, 1.807) is 19.1 Å². The van der Waals surface area contributed by atoms with Crippen molar-refractivity contribution < 1.29 is 24.2 Å². The third-order valence-corrected chi connectivity index (χ3v) is 3.44. The van der Waals surface area contributed by atoms with E-state index >= 15 is 0 Å². The molecule has 0 heterocycles. The number of carbonyl (C=O) groups is 2. The molecule has 0 aromatic rings. The first-order valence-electron chi connectivity index (χ1n) is 7.65. The summed E-state index contributed by atoms with van der Waals surface area (Å²) in [7, 11) is 3.50. The molecule has 132 valence electrons. The summed E-state index contributed by atoms with van der Waals surface area (Å²) in [6, 6.07) is 0.0369. The van der Waals surface area contributed by atoms with Crippen LogP contribution in [0.1, 0.15) is 54.4 Å². The lowest BCUT2D eigenvalue weighted by molar-refractivity contribution is -0.122. The van der Waals surface area contributed by atoms with Crippen LogP contribution in [0.4, 0.5) is 4.79 Å². The number of hydrogen-bond acceptors (Lipinski definition) is 4. The molecule has 3 atom stereocenters. The smallest absolute Gasteiger partial charge is 0.410 e. The normalized spacial score (nSPS) is 14.9. The van der Waals surface area contributed by atoms with Gasteiger partial charge in [-0.2, -0.15) is 0 Å². The Labute approximate surface area is 134 Å². The lowest BCUT2D eigenvalue weighted by Crippen LogP contribution is -2.50. The summed E-state index contributed by atoms with van der Waals surface area (Å²) in [6.45, 7) is 11.7. The van der Waals surface area contributed by atoms with E-state index in [0.717, 1.165) is 12.8 Å². The van der Waals surface area contributed by atoms with Gasteiger partial charge in [-0.3, -0.25) is 4.79 Å². The molecule has 0 fully saturated rings. The van der Waals surface area contributed by atoms with Gasteiger partial charge in [0.25, 0.3) is 6.47 Å². The monoisotopic (exact) mass is 319 g/mol. The number of likely N-dealkylation sites (N-methyl/N-ethyl adjacent to an activating group) is 1. The number of carboxylic acid groups (broad SMARTS) is 1. The predicted molar refractivity (Wildman–Crippen MR) is 87.0 cm³/mol. The van der Waals surface area contributed by atoms with Crippen molar-refractivity contribution >= 4 is 12.6 Å². The number of amides is 1. The zero-order valence-electron chi connectivity index (χ0n) is 15.3.